The molecule has 7 heteroatoms. The predicted molar refractivity (Wildman–Crippen MR) is 96.7 cm³/mol. The number of amides is 2. The number of ether oxygens (including phenoxy) is 1. The Morgan fingerprint density at radius 1 is 1.04 bits per heavy atom. The Kier molecular flexibility index (Phi) is 5.80. The van der Waals surface area contributed by atoms with Gasteiger partial charge in [0.1, 0.15) is 5.82 Å². The van der Waals surface area contributed by atoms with E-state index in [1.807, 2.05) is 0 Å². The van der Waals surface area contributed by atoms with E-state index in [0.717, 1.165) is 0 Å². The van der Waals surface area contributed by atoms with Gasteiger partial charge < -0.3 is 20.3 Å². The summed E-state index contributed by atoms with van der Waals surface area (Å²) in [6.07, 6.45) is 0. The standard InChI is InChI=1S/C19H20FN3O3/c20-16-3-1-2-4-17(16)21-13-18(24)22-15-7-5-14(6-8-15)19(25)23-9-11-26-12-10-23/h1-8,21H,9-13H2,(H,22,24). The molecule has 2 aromatic carbocycles. The Morgan fingerprint density at radius 3 is 2.42 bits per heavy atom. The molecule has 2 N–H and O–H groups in total. The molecule has 0 atom stereocenters. The minimum atomic E-state index is -0.411. The highest BCUT2D eigenvalue weighted by Gasteiger charge is 2.18. The topological polar surface area (TPSA) is 70.7 Å². The van der Waals surface area contributed by atoms with Gasteiger partial charge in [0, 0.05) is 24.3 Å². The maximum absolute atomic E-state index is 13.5. The molecular weight excluding hydrogens is 337 g/mol. The predicted octanol–water partition coefficient (Wildman–Crippen LogP) is 2.35. The van der Waals surface area contributed by atoms with Gasteiger partial charge in [-0.1, -0.05) is 12.1 Å². The van der Waals surface area contributed by atoms with E-state index >= 15 is 0 Å². The van der Waals surface area contributed by atoms with Crippen LogP contribution in [0.15, 0.2) is 48.5 Å². The average Bonchev–Trinajstić information content (AvgIpc) is 2.68. The van der Waals surface area contributed by atoms with Crippen molar-refractivity contribution in [1.82, 2.24) is 4.90 Å². The highest BCUT2D eigenvalue weighted by Crippen LogP contribution is 2.14. The van der Waals surface area contributed by atoms with Gasteiger partial charge in [0.15, 0.2) is 0 Å². The van der Waals surface area contributed by atoms with Crippen LogP contribution < -0.4 is 10.6 Å². The lowest BCUT2D eigenvalue weighted by Gasteiger charge is -2.26. The van der Waals surface area contributed by atoms with Gasteiger partial charge in [-0.2, -0.15) is 0 Å². The number of benzene rings is 2. The number of nitrogens with zero attached hydrogens (tertiary/aromatic N) is 1. The fourth-order valence-corrected chi connectivity index (χ4v) is 2.63. The summed E-state index contributed by atoms with van der Waals surface area (Å²) in [6, 6.07) is 12.9. The Balaban J connectivity index is 1.52. The number of rotatable bonds is 5. The molecule has 0 unspecified atom stereocenters. The van der Waals surface area contributed by atoms with Crippen molar-refractivity contribution in [3.8, 4) is 0 Å². The molecule has 1 saturated heterocycles. The minimum absolute atomic E-state index is 0.0487. The number of anilines is 2. The molecule has 1 aliphatic rings. The number of carbonyl (C=O) groups is 2. The number of halogens is 1. The van der Waals surface area contributed by atoms with Crippen molar-refractivity contribution in [3.63, 3.8) is 0 Å². The van der Waals surface area contributed by atoms with Gasteiger partial charge in [0.25, 0.3) is 5.91 Å². The first-order valence-electron chi connectivity index (χ1n) is 8.39. The number of hydrogen-bond donors (Lipinski definition) is 2. The van der Waals surface area contributed by atoms with E-state index in [4.69, 9.17) is 4.74 Å². The molecule has 6 nitrogen and oxygen atoms in total. The highest BCUT2D eigenvalue weighted by molar-refractivity contribution is 5.96. The Bertz CT molecular complexity index is 774. The van der Waals surface area contributed by atoms with E-state index in [9.17, 15) is 14.0 Å². The van der Waals surface area contributed by atoms with Crippen LogP contribution in [0.2, 0.25) is 0 Å². The maximum atomic E-state index is 13.5. The molecule has 0 aromatic heterocycles. The summed E-state index contributed by atoms with van der Waals surface area (Å²) in [7, 11) is 0. The molecule has 1 fully saturated rings. The molecule has 26 heavy (non-hydrogen) atoms. The normalized spacial score (nSPS) is 14.0. The fraction of sp³-hybridized carbons (Fsp3) is 0.263. The number of hydrogen-bond acceptors (Lipinski definition) is 4. The molecule has 0 spiro atoms. The summed E-state index contributed by atoms with van der Waals surface area (Å²) in [5, 5.41) is 5.45. The summed E-state index contributed by atoms with van der Waals surface area (Å²) >= 11 is 0. The van der Waals surface area contributed by atoms with E-state index in [2.05, 4.69) is 10.6 Å². The molecular formula is C19H20FN3O3. The summed E-state index contributed by atoms with van der Waals surface area (Å²) in [6.45, 7) is 2.21. The zero-order chi connectivity index (χ0) is 18.4. The molecule has 0 saturated carbocycles. The second kappa shape index (κ2) is 8.44. The number of carbonyl (C=O) groups excluding carboxylic acids is 2. The SMILES string of the molecule is O=C(CNc1ccccc1F)Nc1ccc(C(=O)N2CCOCC2)cc1. The summed E-state index contributed by atoms with van der Waals surface area (Å²) < 4.78 is 18.7. The Morgan fingerprint density at radius 2 is 1.73 bits per heavy atom. The van der Waals surface area contributed by atoms with Crippen molar-refractivity contribution in [2.75, 3.05) is 43.5 Å². The maximum Gasteiger partial charge on any atom is 0.254 e. The zero-order valence-electron chi connectivity index (χ0n) is 14.2. The van der Waals surface area contributed by atoms with E-state index in [-0.39, 0.29) is 24.0 Å². The first kappa shape index (κ1) is 17.9. The van der Waals surface area contributed by atoms with Gasteiger partial charge in [0.05, 0.1) is 25.4 Å². The van der Waals surface area contributed by atoms with E-state index in [1.165, 1.54) is 6.07 Å². The van der Waals surface area contributed by atoms with Crippen molar-refractivity contribution >= 4 is 23.2 Å². The average molecular weight is 357 g/mol. The largest absolute Gasteiger partial charge is 0.378 e. The minimum Gasteiger partial charge on any atom is -0.378 e. The summed E-state index contributed by atoms with van der Waals surface area (Å²) in [4.78, 5) is 26.1. The van der Waals surface area contributed by atoms with Gasteiger partial charge in [-0.3, -0.25) is 9.59 Å². The third-order valence-corrected chi connectivity index (χ3v) is 4.03. The molecule has 0 radical (unpaired) electrons. The first-order valence-corrected chi connectivity index (χ1v) is 8.39. The van der Waals surface area contributed by atoms with Crippen molar-refractivity contribution in [2.24, 2.45) is 0 Å². The van der Waals surface area contributed by atoms with E-state index < -0.39 is 5.82 Å². The van der Waals surface area contributed by atoms with Crippen LogP contribution in [0.4, 0.5) is 15.8 Å². The van der Waals surface area contributed by atoms with Crippen LogP contribution in [-0.4, -0.2) is 49.6 Å². The van der Waals surface area contributed by atoms with Crippen LogP contribution in [0.3, 0.4) is 0 Å². The molecule has 3 rings (SSSR count). The third-order valence-electron chi connectivity index (χ3n) is 4.03. The number of para-hydroxylation sites is 1. The fourth-order valence-electron chi connectivity index (χ4n) is 2.63. The molecule has 0 bridgehead atoms. The van der Waals surface area contributed by atoms with Crippen LogP contribution in [-0.2, 0) is 9.53 Å². The third kappa shape index (κ3) is 4.58. The zero-order valence-corrected chi connectivity index (χ0v) is 14.2. The van der Waals surface area contributed by atoms with Crippen LogP contribution in [0, 0.1) is 5.82 Å². The Hall–Kier alpha value is -2.93. The first-order chi connectivity index (χ1) is 12.6. The molecule has 1 aliphatic heterocycles. The lowest BCUT2D eigenvalue weighted by Crippen LogP contribution is -2.40. The van der Waals surface area contributed by atoms with Crippen molar-refractivity contribution in [3.05, 3.63) is 59.9 Å². The monoisotopic (exact) mass is 357 g/mol. The molecule has 0 aliphatic carbocycles. The second-order valence-electron chi connectivity index (χ2n) is 5.86. The van der Waals surface area contributed by atoms with Gasteiger partial charge in [-0.05, 0) is 36.4 Å². The van der Waals surface area contributed by atoms with E-state index in [0.29, 0.717) is 37.6 Å². The van der Waals surface area contributed by atoms with Crippen LogP contribution in [0.5, 0.6) is 0 Å². The van der Waals surface area contributed by atoms with Crippen LogP contribution in [0.25, 0.3) is 0 Å². The van der Waals surface area contributed by atoms with E-state index in [1.54, 1.807) is 47.4 Å². The molecule has 2 amide bonds. The molecule has 136 valence electrons. The summed E-state index contributed by atoms with van der Waals surface area (Å²) in [5.74, 6) is -0.765. The number of nitrogens with one attached hydrogen (secondary N) is 2. The second-order valence-corrected chi connectivity index (χ2v) is 5.86. The van der Waals surface area contributed by atoms with Gasteiger partial charge >= 0.3 is 0 Å². The van der Waals surface area contributed by atoms with Gasteiger partial charge in [-0.25, -0.2) is 4.39 Å². The Labute approximate surface area is 150 Å². The molecule has 1 heterocycles. The molecule has 2 aromatic rings. The van der Waals surface area contributed by atoms with Gasteiger partial charge in [-0.15, -0.1) is 0 Å². The van der Waals surface area contributed by atoms with Crippen molar-refractivity contribution in [2.45, 2.75) is 0 Å². The lowest BCUT2D eigenvalue weighted by molar-refractivity contribution is -0.114. The quantitative estimate of drug-likeness (QED) is 0.862. The number of morpholine rings is 1. The highest BCUT2D eigenvalue weighted by atomic mass is 19.1. The van der Waals surface area contributed by atoms with Gasteiger partial charge in [0.2, 0.25) is 5.91 Å². The van der Waals surface area contributed by atoms with Crippen molar-refractivity contribution < 1.29 is 18.7 Å². The van der Waals surface area contributed by atoms with Crippen LogP contribution in [0.1, 0.15) is 10.4 Å². The smallest absolute Gasteiger partial charge is 0.254 e. The van der Waals surface area contributed by atoms with Crippen LogP contribution >= 0.6 is 0 Å². The van der Waals surface area contributed by atoms with Crippen molar-refractivity contribution in [1.29, 1.82) is 0 Å². The summed E-state index contributed by atoms with van der Waals surface area (Å²) in [5.41, 5.74) is 1.41. The lowest BCUT2D eigenvalue weighted by atomic mass is 10.1.